The average Bonchev–Trinajstić information content (AvgIpc) is 3.00. The summed E-state index contributed by atoms with van der Waals surface area (Å²) >= 11 is 18.6. The first-order valence-electron chi connectivity index (χ1n) is 14.5. The number of sulfonamides is 1. The average molecular weight is 708 g/mol. The highest BCUT2D eigenvalue weighted by molar-refractivity contribution is 7.89. The maximum Gasteiger partial charge on any atom is 0.408 e. The lowest BCUT2D eigenvalue weighted by Crippen LogP contribution is -2.79. The number of hydrogen-bond acceptors (Lipinski definition) is 6. The zero-order valence-electron chi connectivity index (χ0n) is 25.3. The van der Waals surface area contributed by atoms with E-state index in [0.29, 0.717) is 10.6 Å². The van der Waals surface area contributed by atoms with Crippen LogP contribution in [0.4, 0.5) is 4.79 Å². The summed E-state index contributed by atoms with van der Waals surface area (Å²) in [5, 5.41) is 3.24. The van der Waals surface area contributed by atoms with Crippen molar-refractivity contribution in [2.45, 2.75) is 62.5 Å². The Hall–Kier alpha value is -3.35. The number of ether oxygens (including phenoxy) is 1. The molecule has 46 heavy (non-hydrogen) atoms. The van der Waals surface area contributed by atoms with Gasteiger partial charge in [0.05, 0.1) is 11.6 Å². The second kappa shape index (κ2) is 13.4. The normalized spacial score (nSPS) is 22.2. The Kier molecular flexibility index (Phi) is 9.91. The highest BCUT2D eigenvalue weighted by atomic mass is 35.5. The summed E-state index contributed by atoms with van der Waals surface area (Å²) in [5.74, 6) is -0.981. The molecule has 0 radical (unpaired) electrons. The Morgan fingerprint density at radius 1 is 0.978 bits per heavy atom. The van der Waals surface area contributed by atoms with E-state index in [-0.39, 0.29) is 46.5 Å². The van der Waals surface area contributed by atoms with Gasteiger partial charge in [-0.05, 0) is 62.2 Å². The number of carbonyl (C=O) groups is 3. The van der Waals surface area contributed by atoms with Gasteiger partial charge < -0.3 is 19.9 Å². The van der Waals surface area contributed by atoms with E-state index in [1.54, 1.807) is 53.4 Å². The molecule has 2 saturated heterocycles. The summed E-state index contributed by atoms with van der Waals surface area (Å²) in [6.07, 6.45) is -1.97. The molecule has 2 aliphatic rings. The van der Waals surface area contributed by atoms with Crippen LogP contribution in [0, 0.1) is 0 Å². The number of fused-ring (bicyclic) bond motifs is 1. The van der Waals surface area contributed by atoms with Gasteiger partial charge in [0.1, 0.15) is 29.2 Å². The molecule has 2 heterocycles. The zero-order valence-corrected chi connectivity index (χ0v) is 28.4. The van der Waals surface area contributed by atoms with Crippen LogP contribution in [0.3, 0.4) is 0 Å². The summed E-state index contributed by atoms with van der Waals surface area (Å²) in [5.41, 5.74) is -0.398. The second-order valence-corrected chi connectivity index (χ2v) is 14.9. The molecule has 0 saturated carbocycles. The Labute approximate surface area is 283 Å². The molecule has 3 unspecified atom stereocenters. The molecule has 3 atom stereocenters. The molecular formula is C32H33Cl3N4O6S. The lowest BCUT2D eigenvalue weighted by atomic mass is 9.91. The van der Waals surface area contributed by atoms with Crippen LogP contribution in [-0.2, 0) is 37.4 Å². The maximum absolute atomic E-state index is 14.5. The van der Waals surface area contributed by atoms with Gasteiger partial charge in [0.15, 0.2) is 0 Å². The maximum atomic E-state index is 14.5. The molecule has 244 valence electrons. The molecule has 3 amide bonds. The van der Waals surface area contributed by atoms with Crippen molar-refractivity contribution < 1.29 is 27.5 Å². The van der Waals surface area contributed by atoms with Crippen LogP contribution < -0.4 is 5.32 Å². The van der Waals surface area contributed by atoms with Crippen LogP contribution in [0.5, 0.6) is 0 Å². The van der Waals surface area contributed by atoms with E-state index in [0.717, 1.165) is 9.87 Å². The fraction of sp³-hybridized carbons (Fsp3) is 0.344. The van der Waals surface area contributed by atoms with Crippen molar-refractivity contribution in [1.82, 2.24) is 19.4 Å². The molecule has 1 N–H and O–H groups in total. The van der Waals surface area contributed by atoms with Crippen LogP contribution in [0.2, 0.25) is 15.1 Å². The Morgan fingerprint density at radius 2 is 1.63 bits per heavy atom. The summed E-state index contributed by atoms with van der Waals surface area (Å²) in [6, 6.07) is 18.4. The van der Waals surface area contributed by atoms with E-state index in [4.69, 9.17) is 39.5 Å². The van der Waals surface area contributed by atoms with Crippen LogP contribution in [-0.4, -0.2) is 77.3 Å². The number of piperazine rings is 1. The molecule has 3 aromatic rings. The van der Waals surface area contributed by atoms with E-state index in [2.05, 4.69) is 5.32 Å². The topological polar surface area (TPSA) is 116 Å². The van der Waals surface area contributed by atoms with Gasteiger partial charge in [0.25, 0.3) is 5.91 Å². The number of benzene rings is 3. The standard InChI is InChI=1S/C32H33Cl3N4O6S/c1-20(2)37-17-28-38(46(43,44)27-14-13-24(34)16-25(27)35)19-32(3,36-31(42)45-18-22-7-5-4-6-8-22)30(41)39(28)26(29(37)40)15-21-9-11-23(33)12-10-21/h4-14,16,20,26,28H,15,17-19H2,1-3H3,(H,36,42). The van der Waals surface area contributed by atoms with Gasteiger partial charge in [0, 0.05) is 29.1 Å². The first kappa shape index (κ1) is 34.0. The van der Waals surface area contributed by atoms with Crippen LogP contribution in [0.15, 0.2) is 77.7 Å². The van der Waals surface area contributed by atoms with Gasteiger partial charge in [-0.2, -0.15) is 4.31 Å². The van der Waals surface area contributed by atoms with Gasteiger partial charge in [-0.3, -0.25) is 9.59 Å². The molecule has 10 nitrogen and oxygen atoms in total. The van der Waals surface area contributed by atoms with E-state index in [9.17, 15) is 22.8 Å². The van der Waals surface area contributed by atoms with Crippen molar-refractivity contribution in [3.63, 3.8) is 0 Å². The van der Waals surface area contributed by atoms with Crippen molar-refractivity contribution in [3.8, 4) is 0 Å². The van der Waals surface area contributed by atoms with Gasteiger partial charge in [-0.1, -0.05) is 77.3 Å². The van der Waals surface area contributed by atoms with Gasteiger partial charge >= 0.3 is 6.09 Å². The van der Waals surface area contributed by atoms with E-state index >= 15 is 0 Å². The summed E-state index contributed by atoms with van der Waals surface area (Å²) in [7, 11) is -4.43. The number of amides is 3. The Bertz CT molecular complexity index is 1740. The van der Waals surface area contributed by atoms with Crippen molar-refractivity contribution in [3.05, 3.63) is 99.0 Å². The van der Waals surface area contributed by atoms with Crippen molar-refractivity contribution in [1.29, 1.82) is 0 Å². The summed E-state index contributed by atoms with van der Waals surface area (Å²) in [6.45, 7) is 4.43. The number of rotatable bonds is 8. The second-order valence-electron chi connectivity index (χ2n) is 11.8. The highest BCUT2D eigenvalue weighted by Gasteiger charge is 2.58. The third kappa shape index (κ3) is 6.84. The Balaban J connectivity index is 1.58. The molecule has 2 aliphatic heterocycles. The predicted molar refractivity (Wildman–Crippen MR) is 175 cm³/mol. The van der Waals surface area contributed by atoms with Gasteiger partial charge in [0.2, 0.25) is 15.9 Å². The number of nitrogens with zero attached hydrogens (tertiary/aromatic N) is 3. The van der Waals surface area contributed by atoms with Crippen molar-refractivity contribution >= 4 is 62.7 Å². The van der Waals surface area contributed by atoms with E-state index in [1.807, 2.05) is 19.9 Å². The molecule has 0 aliphatic carbocycles. The molecule has 0 aromatic heterocycles. The molecular weight excluding hydrogens is 675 g/mol. The Morgan fingerprint density at radius 3 is 2.26 bits per heavy atom. The highest BCUT2D eigenvalue weighted by Crippen LogP contribution is 2.37. The lowest BCUT2D eigenvalue weighted by molar-refractivity contribution is -0.172. The third-order valence-electron chi connectivity index (χ3n) is 8.13. The fourth-order valence-electron chi connectivity index (χ4n) is 5.78. The SMILES string of the molecule is CC(C)N1CC2N(C(=O)C(C)(NC(=O)OCc3ccccc3)CN2S(=O)(=O)c2ccc(Cl)cc2Cl)C(Cc2ccc(Cl)cc2)C1=O. The van der Waals surface area contributed by atoms with Gasteiger partial charge in [-0.25, -0.2) is 13.2 Å². The number of nitrogens with one attached hydrogen (secondary N) is 1. The van der Waals surface area contributed by atoms with Crippen LogP contribution in [0.1, 0.15) is 31.9 Å². The van der Waals surface area contributed by atoms with Crippen LogP contribution >= 0.6 is 34.8 Å². The summed E-state index contributed by atoms with van der Waals surface area (Å²) in [4.78, 5) is 44.3. The van der Waals surface area contributed by atoms with Crippen molar-refractivity contribution in [2.24, 2.45) is 0 Å². The quantitative estimate of drug-likeness (QED) is 0.338. The minimum atomic E-state index is -4.43. The first-order valence-corrected chi connectivity index (χ1v) is 17.1. The van der Waals surface area contributed by atoms with Crippen molar-refractivity contribution in [2.75, 3.05) is 13.1 Å². The minimum Gasteiger partial charge on any atom is -0.445 e. The number of halogens is 3. The van der Waals surface area contributed by atoms with Crippen LogP contribution in [0.25, 0.3) is 0 Å². The smallest absolute Gasteiger partial charge is 0.408 e. The molecule has 0 spiro atoms. The number of hydrogen-bond donors (Lipinski definition) is 1. The minimum absolute atomic E-state index is 0.0750. The third-order valence-corrected chi connectivity index (χ3v) is 10.9. The first-order chi connectivity index (χ1) is 21.7. The van der Waals surface area contributed by atoms with E-state index in [1.165, 1.54) is 30.0 Å². The molecule has 0 bridgehead atoms. The lowest BCUT2D eigenvalue weighted by Gasteiger charge is -2.56. The largest absolute Gasteiger partial charge is 0.445 e. The molecule has 5 rings (SSSR count). The van der Waals surface area contributed by atoms with Gasteiger partial charge in [-0.15, -0.1) is 0 Å². The number of alkyl carbamates (subject to hydrolysis) is 1. The molecule has 14 heteroatoms. The molecule has 2 fully saturated rings. The van der Waals surface area contributed by atoms with E-state index < -0.39 is 46.3 Å². The number of carbonyl (C=O) groups excluding carboxylic acids is 3. The monoisotopic (exact) mass is 706 g/mol. The zero-order chi connectivity index (χ0) is 33.4. The molecule has 3 aromatic carbocycles. The predicted octanol–water partition coefficient (Wildman–Crippen LogP) is 5.35. The summed E-state index contributed by atoms with van der Waals surface area (Å²) < 4.78 is 35.4. The fourth-order valence-corrected chi connectivity index (χ4v) is 8.32.